The third-order valence-electron chi connectivity index (χ3n) is 4.06. The molecule has 2 rings (SSSR count). The van der Waals surface area contributed by atoms with Gasteiger partial charge in [0.1, 0.15) is 11.1 Å². The largest absolute Gasteiger partial charge is 0.458 e. The Morgan fingerprint density at radius 1 is 1.08 bits per heavy atom. The zero-order chi connectivity index (χ0) is 19.4. The lowest BCUT2D eigenvalue weighted by atomic mass is 9.83. The number of carbonyl (C=O) groups is 1. The minimum Gasteiger partial charge on any atom is -0.458 e. The van der Waals surface area contributed by atoms with Crippen LogP contribution in [0.15, 0.2) is 54.6 Å². The van der Waals surface area contributed by atoms with Gasteiger partial charge < -0.3 is 10.1 Å². The van der Waals surface area contributed by atoms with Crippen molar-refractivity contribution in [2.24, 2.45) is 0 Å². The summed E-state index contributed by atoms with van der Waals surface area (Å²) < 4.78 is 5.66. The minimum absolute atomic E-state index is 0.0253. The first kappa shape index (κ1) is 19.6. The van der Waals surface area contributed by atoms with Crippen LogP contribution in [-0.4, -0.2) is 23.5 Å². The van der Waals surface area contributed by atoms with Crippen molar-refractivity contribution in [3.63, 3.8) is 0 Å². The number of benzene rings is 2. The summed E-state index contributed by atoms with van der Waals surface area (Å²) in [5, 5.41) is 14.0. The van der Waals surface area contributed by atoms with Gasteiger partial charge >= 0.3 is 5.97 Å². The summed E-state index contributed by atoms with van der Waals surface area (Å²) in [6.07, 6.45) is 0.358. The zero-order valence-electron chi connectivity index (χ0n) is 15.5. The Kier molecular flexibility index (Phi) is 5.77. The molecule has 0 aromatic heterocycles. The Labute approximate surface area is 153 Å². The fraction of sp³-hybridized carbons (Fsp3) is 0.350. The van der Waals surface area contributed by atoms with E-state index in [1.165, 1.54) is 12.1 Å². The Hall–Kier alpha value is -2.73. The van der Waals surface area contributed by atoms with E-state index >= 15 is 0 Å². The average Bonchev–Trinajstić information content (AvgIpc) is 2.59. The lowest BCUT2D eigenvalue weighted by molar-refractivity contribution is -0.384. The van der Waals surface area contributed by atoms with E-state index < -0.39 is 22.0 Å². The van der Waals surface area contributed by atoms with Gasteiger partial charge in [-0.1, -0.05) is 30.3 Å². The monoisotopic (exact) mass is 356 g/mol. The highest BCUT2D eigenvalue weighted by molar-refractivity contribution is 5.83. The maximum absolute atomic E-state index is 13.1. The van der Waals surface area contributed by atoms with Gasteiger partial charge in [0.2, 0.25) is 0 Å². The quantitative estimate of drug-likeness (QED) is 0.486. The highest BCUT2D eigenvalue weighted by Crippen LogP contribution is 2.30. The first-order valence-electron chi connectivity index (χ1n) is 8.39. The normalized spacial score (nSPS) is 13.7. The lowest BCUT2D eigenvalue weighted by Crippen LogP contribution is -2.52. The minimum atomic E-state index is -1.15. The summed E-state index contributed by atoms with van der Waals surface area (Å²) in [6.45, 7) is 5.43. The molecule has 0 fully saturated rings. The van der Waals surface area contributed by atoms with Gasteiger partial charge in [-0.15, -0.1) is 0 Å². The Balaban J connectivity index is 2.51. The number of non-ortho nitro benzene ring substituents is 1. The number of nitro benzene ring substituents is 1. The fourth-order valence-electron chi connectivity index (χ4n) is 2.76. The van der Waals surface area contributed by atoms with Crippen LogP contribution >= 0.6 is 0 Å². The van der Waals surface area contributed by atoms with E-state index in [-0.39, 0.29) is 5.69 Å². The number of esters is 1. The second-order valence-electron chi connectivity index (χ2n) is 7.12. The van der Waals surface area contributed by atoms with Crippen LogP contribution < -0.4 is 5.32 Å². The molecule has 0 bridgehead atoms. The number of hydrogen-bond donors (Lipinski definition) is 1. The molecule has 0 radical (unpaired) electrons. The summed E-state index contributed by atoms with van der Waals surface area (Å²) in [6, 6.07) is 15.6. The number of likely N-dealkylation sites (N-methyl/N-ethyl adjacent to an activating group) is 1. The Bertz CT molecular complexity index is 767. The van der Waals surface area contributed by atoms with Crippen LogP contribution in [0.2, 0.25) is 0 Å². The van der Waals surface area contributed by atoms with Gasteiger partial charge in [0.05, 0.1) is 4.92 Å². The van der Waals surface area contributed by atoms with E-state index in [1.807, 2.05) is 51.1 Å². The first-order chi connectivity index (χ1) is 12.2. The molecule has 6 nitrogen and oxygen atoms in total. The van der Waals surface area contributed by atoms with Gasteiger partial charge in [0.15, 0.2) is 0 Å². The molecule has 0 heterocycles. The van der Waals surface area contributed by atoms with Crippen molar-refractivity contribution in [2.45, 2.75) is 38.3 Å². The van der Waals surface area contributed by atoms with Gasteiger partial charge in [0, 0.05) is 18.6 Å². The summed E-state index contributed by atoms with van der Waals surface area (Å²) in [4.78, 5) is 23.6. The third kappa shape index (κ3) is 4.46. The molecule has 0 unspecified atom stereocenters. The maximum Gasteiger partial charge on any atom is 0.331 e. The highest BCUT2D eigenvalue weighted by atomic mass is 16.6. The molecule has 0 aliphatic heterocycles. The molecule has 0 aliphatic rings. The Morgan fingerprint density at radius 2 is 1.65 bits per heavy atom. The van der Waals surface area contributed by atoms with Crippen molar-refractivity contribution in [3.8, 4) is 0 Å². The van der Waals surface area contributed by atoms with Crippen molar-refractivity contribution < 1.29 is 14.5 Å². The van der Waals surface area contributed by atoms with Gasteiger partial charge in [-0.2, -0.15) is 0 Å². The molecule has 1 atom stereocenters. The predicted octanol–water partition coefficient (Wildman–Crippen LogP) is 3.59. The molecular formula is C20H24N2O4. The van der Waals surface area contributed by atoms with Gasteiger partial charge in [-0.05, 0) is 51.1 Å². The van der Waals surface area contributed by atoms with Crippen molar-refractivity contribution in [2.75, 3.05) is 7.05 Å². The molecule has 2 aromatic rings. The lowest BCUT2D eigenvalue weighted by Gasteiger charge is -2.35. The zero-order valence-corrected chi connectivity index (χ0v) is 15.5. The summed E-state index contributed by atoms with van der Waals surface area (Å²) in [5.74, 6) is -0.426. The number of rotatable bonds is 6. The molecule has 26 heavy (non-hydrogen) atoms. The molecule has 0 amide bonds. The number of nitrogens with one attached hydrogen (secondary N) is 1. The van der Waals surface area contributed by atoms with E-state index in [9.17, 15) is 14.9 Å². The maximum atomic E-state index is 13.1. The number of nitrogens with zero attached hydrogens (tertiary/aromatic N) is 1. The van der Waals surface area contributed by atoms with E-state index in [4.69, 9.17) is 4.74 Å². The van der Waals surface area contributed by atoms with E-state index in [0.29, 0.717) is 12.0 Å². The smallest absolute Gasteiger partial charge is 0.331 e. The molecule has 6 heteroatoms. The number of ether oxygens (including phenoxy) is 1. The average molecular weight is 356 g/mol. The first-order valence-corrected chi connectivity index (χ1v) is 8.39. The van der Waals surface area contributed by atoms with Crippen molar-refractivity contribution in [3.05, 3.63) is 75.8 Å². The SMILES string of the molecule is CN[C@@](Cc1ccccc1)(C(=O)OC(C)(C)C)c1ccc([N+](=O)[O-])cc1. The molecule has 0 saturated heterocycles. The molecule has 0 saturated carbocycles. The second-order valence-corrected chi connectivity index (χ2v) is 7.12. The molecular weight excluding hydrogens is 332 g/mol. The molecule has 2 aromatic carbocycles. The van der Waals surface area contributed by atoms with Crippen LogP contribution in [0.3, 0.4) is 0 Å². The van der Waals surface area contributed by atoms with Crippen LogP contribution in [0, 0.1) is 10.1 Å². The van der Waals surface area contributed by atoms with Gasteiger partial charge in [-0.3, -0.25) is 10.1 Å². The summed E-state index contributed by atoms with van der Waals surface area (Å²) in [5.41, 5.74) is -0.266. The standard InChI is InChI=1S/C20H24N2O4/c1-19(2,3)26-18(23)20(21-4,14-15-8-6-5-7-9-15)16-10-12-17(13-11-16)22(24)25/h5-13,21H,14H2,1-4H3/t20-/m1/s1. The van der Waals surface area contributed by atoms with Crippen molar-refractivity contribution >= 4 is 11.7 Å². The molecule has 1 N–H and O–H groups in total. The van der Waals surface area contributed by atoms with E-state index in [0.717, 1.165) is 5.56 Å². The Morgan fingerprint density at radius 3 is 2.12 bits per heavy atom. The summed E-state index contributed by atoms with van der Waals surface area (Å²) in [7, 11) is 1.69. The van der Waals surface area contributed by atoms with Crippen LogP contribution in [0.25, 0.3) is 0 Å². The topological polar surface area (TPSA) is 81.5 Å². The number of nitro groups is 1. The number of hydrogen-bond acceptors (Lipinski definition) is 5. The van der Waals surface area contributed by atoms with Crippen LogP contribution in [0.5, 0.6) is 0 Å². The highest BCUT2D eigenvalue weighted by Gasteiger charge is 2.42. The van der Waals surface area contributed by atoms with Crippen LogP contribution in [0.1, 0.15) is 31.9 Å². The third-order valence-corrected chi connectivity index (χ3v) is 4.06. The van der Waals surface area contributed by atoms with Gasteiger partial charge in [0.25, 0.3) is 5.69 Å². The number of carbonyl (C=O) groups excluding carboxylic acids is 1. The van der Waals surface area contributed by atoms with Crippen molar-refractivity contribution in [1.82, 2.24) is 5.32 Å². The molecule has 0 aliphatic carbocycles. The molecule has 0 spiro atoms. The van der Waals surface area contributed by atoms with Crippen molar-refractivity contribution in [1.29, 1.82) is 0 Å². The summed E-state index contributed by atoms with van der Waals surface area (Å²) >= 11 is 0. The van der Waals surface area contributed by atoms with E-state index in [1.54, 1.807) is 19.2 Å². The van der Waals surface area contributed by atoms with E-state index in [2.05, 4.69) is 5.32 Å². The second kappa shape index (κ2) is 7.66. The predicted molar refractivity (Wildman–Crippen MR) is 99.8 cm³/mol. The van der Waals surface area contributed by atoms with Gasteiger partial charge in [-0.25, -0.2) is 4.79 Å². The van der Waals surface area contributed by atoms with Crippen LogP contribution in [-0.2, 0) is 21.5 Å². The van der Waals surface area contributed by atoms with Crippen LogP contribution in [0.4, 0.5) is 5.69 Å². The molecule has 138 valence electrons. The fourth-order valence-corrected chi connectivity index (χ4v) is 2.76.